The SMILES string of the molecule is CC1CC(O)CC(C(F)(F)F)N1C(=O)OC(C)(C)C. The number of likely N-dealkylation sites (tertiary alicyclic amines) is 1. The summed E-state index contributed by atoms with van der Waals surface area (Å²) in [6.45, 7) is 6.26. The molecule has 1 amide bonds. The summed E-state index contributed by atoms with van der Waals surface area (Å²) in [6, 6.07) is -2.72. The Labute approximate surface area is 110 Å². The predicted molar refractivity (Wildman–Crippen MR) is 62.6 cm³/mol. The van der Waals surface area contributed by atoms with Gasteiger partial charge in [-0.1, -0.05) is 0 Å². The van der Waals surface area contributed by atoms with Gasteiger partial charge >= 0.3 is 12.3 Å². The van der Waals surface area contributed by atoms with Gasteiger partial charge in [0, 0.05) is 12.5 Å². The number of aliphatic hydroxyl groups excluding tert-OH is 1. The number of piperidine rings is 1. The Morgan fingerprint density at radius 1 is 1.26 bits per heavy atom. The summed E-state index contributed by atoms with van der Waals surface area (Å²) < 4.78 is 43.9. The molecule has 7 heteroatoms. The quantitative estimate of drug-likeness (QED) is 0.743. The summed E-state index contributed by atoms with van der Waals surface area (Å²) in [5.41, 5.74) is -0.858. The first-order valence-electron chi connectivity index (χ1n) is 6.18. The van der Waals surface area contributed by atoms with Crippen LogP contribution >= 0.6 is 0 Å². The fraction of sp³-hybridized carbons (Fsp3) is 0.917. The number of hydrogen-bond donors (Lipinski definition) is 1. The minimum absolute atomic E-state index is 0.117. The maximum atomic E-state index is 13.0. The third-order valence-electron chi connectivity index (χ3n) is 2.90. The lowest BCUT2D eigenvalue weighted by Gasteiger charge is -2.43. The summed E-state index contributed by atoms with van der Waals surface area (Å²) >= 11 is 0. The number of hydrogen-bond acceptors (Lipinski definition) is 3. The van der Waals surface area contributed by atoms with Crippen LogP contribution in [-0.4, -0.2) is 46.1 Å². The largest absolute Gasteiger partial charge is 0.444 e. The maximum Gasteiger partial charge on any atom is 0.411 e. The standard InChI is InChI=1S/C12H20F3NO3/c1-7-5-8(17)6-9(12(13,14)15)16(7)10(18)19-11(2,3)4/h7-9,17H,5-6H2,1-4H3. The average Bonchev–Trinajstić information content (AvgIpc) is 2.11. The molecule has 0 bridgehead atoms. The number of alkyl halides is 3. The van der Waals surface area contributed by atoms with Gasteiger partial charge in [0.1, 0.15) is 11.6 Å². The molecule has 0 aromatic heterocycles. The van der Waals surface area contributed by atoms with Crippen LogP contribution in [0.3, 0.4) is 0 Å². The predicted octanol–water partition coefficient (Wildman–Crippen LogP) is 2.70. The van der Waals surface area contributed by atoms with Crippen LogP contribution in [0.4, 0.5) is 18.0 Å². The summed E-state index contributed by atoms with van der Waals surface area (Å²) in [5, 5.41) is 9.47. The number of ether oxygens (including phenoxy) is 1. The van der Waals surface area contributed by atoms with Crippen molar-refractivity contribution in [2.75, 3.05) is 0 Å². The fourth-order valence-corrected chi connectivity index (χ4v) is 2.20. The fourth-order valence-electron chi connectivity index (χ4n) is 2.20. The molecule has 1 N–H and O–H groups in total. The van der Waals surface area contributed by atoms with Gasteiger partial charge in [-0.2, -0.15) is 13.2 Å². The Hall–Kier alpha value is -0.980. The smallest absolute Gasteiger partial charge is 0.411 e. The molecule has 0 radical (unpaired) electrons. The molecular weight excluding hydrogens is 263 g/mol. The van der Waals surface area contributed by atoms with Crippen LogP contribution in [0.25, 0.3) is 0 Å². The highest BCUT2D eigenvalue weighted by atomic mass is 19.4. The van der Waals surface area contributed by atoms with Gasteiger partial charge in [0.05, 0.1) is 6.10 Å². The molecule has 1 aliphatic rings. The van der Waals surface area contributed by atoms with Crippen molar-refractivity contribution in [3.8, 4) is 0 Å². The molecule has 0 spiro atoms. The van der Waals surface area contributed by atoms with Crippen LogP contribution in [-0.2, 0) is 4.74 Å². The van der Waals surface area contributed by atoms with Crippen molar-refractivity contribution in [1.82, 2.24) is 4.90 Å². The molecule has 19 heavy (non-hydrogen) atoms. The lowest BCUT2D eigenvalue weighted by Crippen LogP contribution is -2.58. The third kappa shape index (κ3) is 4.26. The monoisotopic (exact) mass is 283 g/mol. The zero-order chi connectivity index (χ0) is 15.0. The van der Waals surface area contributed by atoms with Gasteiger partial charge in [0.25, 0.3) is 0 Å². The van der Waals surface area contributed by atoms with E-state index in [-0.39, 0.29) is 6.42 Å². The molecule has 0 saturated carbocycles. The molecular formula is C12H20F3NO3. The van der Waals surface area contributed by atoms with Crippen LogP contribution in [0.5, 0.6) is 0 Å². The van der Waals surface area contributed by atoms with Gasteiger partial charge in [0.15, 0.2) is 0 Å². The van der Waals surface area contributed by atoms with E-state index in [0.29, 0.717) is 4.90 Å². The number of aliphatic hydroxyl groups is 1. The van der Waals surface area contributed by atoms with E-state index < -0.39 is 42.5 Å². The highest BCUT2D eigenvalue weighted by Crippen LogP contribution is 2.35. The zero-order valence-corrected chi connectivity index (χ0v) is 11.5. The minimum Gasteiger partial charge on any atom is -0.444 e. The number of amides is 1. The molecule has 1 heterocycles. The molecule has 1 aliphatic heterocycles. The third-order valence-corrected chi connectivity index (χ3v) is 2.90. The molecule has 1 rings (SSSR count). The molecule has 4 nitrogen and oxygen atoms in total. The van der Waals surface area contributed by atoms with Crippen molar-refractivity contribution in [1.29, 1.82) is 0 Å². The zero-order valence-electron chi connectivity index (χ0n) is 11.5. The van der Waals surface area contributed by atoms with Gasteiger partial charge in [-0.05, 0) is 34.1 Å². The van der Waals surface area contributed by atoms with Crippen molar-refractivity contribution in [2.45, 2.75) is 70.5 Å². The number of carbonyl (C=O) groups excluding carboxylic acids is 1. The molecule has 1 fully saturated rings. The van der Waals surface area contributed by atoms with Crippen LogP contribution < -0.4 is 0 Å². The lowest BCUT2D eigenvalue weighted by molar-refractivity contribution is -0.202. The van der Waals surface area contributed by atoms with E-state index in [1.54, 1.807) is 20.8 Å². The molecule has 3 unspecified atom stereocenters. The highest BCUT2D eigenvalue weighted by molar-refractivity contribution is 5.69. The van der Waals surface area contributed by atoms with E-state index in [1.807, 2.05) is 0 Å². The van der Waals surface area contributed by atoms with Crippen molar-refractivity contribution < 1.29 is 27.8 Å². The second-order valence-electron chi connectivity index (χ2n) is 5.92. The van der Waals surface area contributed by atoms with Gasteiger partial charge in [0.2, 0.25) is 0 Å². The van der Waals surface area contributed by atoms with E-state index in [9.17, 15) is 23.1 Å². The number of carbonyl (C=O) groups is 1. The molecule has 0 aromatic rings. The number of rotatable bonds is 0. The van der Waals surface area contributed by atoms with Crippen LogP contribution in [0, 0.1) is 0 Å². The van der Waals surface area contributed by atoms with Crippen molar-refractivity contribution in [3.63, 3.8) is 0 Å². The van der Waals surface area contributed by atoms with Gasteiger partial charge in [-0.15, -0.1) is 0 Å². The molecule has 1 saturated heterocycles. The van der Waals surface area contributed by atoms with Gasteiger partial charge < -0.3 is 9.84 Å². The molecule has 3 atom stereocenters. The summed E-state index contributed by atoms with van der Waals surface area (Å²) in [6.07, 6.45) is -7.01. The van der Waals surface area contributed by atoms with Crippen molar-refractivity contribution >= 4 is 6.09 Å². The van der Waals surface area contributed by atoms with E-state index >= 15 is 0 Å². The summed E-state index contributed by atoms with van der Waals surface area (Å²) in [7, 11) is 0. The normalized spacial score (nSPS) is 29.3. The number of nitrogens with zero attached hydrogens (tertiary/aromatic N) is 1. The maximum absolute atomic E-state index is 13.0. The van der Waals surface area contributed by atoms with Gasteiger partial charge in [-0.3, -0.25) is 4.90 Å². The van der Waals surface area contributed by atoms with Crippen molar-refractivity contribution in [3.05, 3.63) is 0 Å². The van der Waals surface area contributed by atoms with E-state index in [2.05, 4.69) is 0 Å². The first-order chi connectivity index (χ1) is 8.42. The Morgan fingerprint density at radius 2 is 1.79 bits per heavy atom. The minimum atomic E-state index is -4.58. The first kappa shape index (κ1) is 16.1. The van der Waals surface area contributed by atoms with Gasteiger partial charge in [-0.25, -0.2) is 4.79 Å². The van der Waals surface area contributed by atoms with E-state index in [1.165, 1.54) is 6.92 Å². The van der Waals surface area contributed by atoms with E-state index in [0.717, 1.165) is 0 Å². The second kappa shape index (κ2) is 5.19. The lowest BCUT2D eigenvalue weighted by atomic mass is 9.94. The molecule has 0 aliphatic carbocycles. The Kier molecular flexibility index (Phi) is 4.39. The summed E-state index contributed by atoms with van der Waals surface area (Å²) in [4.78, 5) is 12.6. The topological polar surface area (TPSA) is 49.8 Å². The first-order valence-corrected chi connectivity index (χ1v) is 6.18. The van der Waals surface area contributed by atoms with E-state index in [4.69, 9.17) is 4.74 Å². The molecule has 112 valence electrons. The van der Waals surface area contributed by atoms with Crippen LogP contribution in [0.15, 0.2) is 0 Å². The Morgan fingerprint density at radius 3 is 2.21 bits per heavy atom. The summed E-state index contributed by atoms with van der Waals surface area (Å²) in [5.74, 6) is 0. The Balaban J connectivity index is 2.95. The molecule has 0 aromatic carbocycles. The number of halogens is 3. The Bertz CT molecular complexity index is 338. The van der Waals surface area contributed by atoms with Crippen molar-refractivity contribution in [2.24, 2.45) is 0 Å². The average molecular weight is 283 g/mol. The van der Waals surface area contributed by atoms with Crippen LogP contribution in [0.1, 0.15) is 40.5 Å². The highest BCUT2D eigenvalue weighted by Gasteiger charge is 2.51. The van der Waals surface area contributed by atoms with Crippen LogP contribution in [0.2, 0.25) is 0 Å². The second-order valence-corrected chi connectivity index (χ2v) is 5.92.